The van der Waals surface area contributed by atoms with Crippen molar-refractivity contribution in [2.45, 2.75) is 33.4 Å². The maximum Gasteiger partial charge on any atom is 0.234 e. The Labute approximate surface area is 171 Å². The lowest BCUT2D eigenvalue weighted by atomic mass is 10.1. The van der Waals surface area contributed by atoms with Crippen LogP contribution in [0.25, 0.3) is 11.4 Å². The number of nitrogens with one attached hydrogen (secondary N) is 2. The number of hydrogen-bond donors (Lipinski definition) is 2. The zero-order valence-corrected chi connectivity index (χ0v) is 17.6. The van der Waals surface area contributed by atoms with Gasteiger partial charge in [0.1, 0.15) is 0 Å². The summed E-state index contributed by atoms with van der Waals surface area (Å²) in [4.78, 5) is 20.9. The number of aromatic nitrogens is 3. The quantitative estimate of drug-likeness (QED) is 0.663. The molecule has 7 nitrogen and oxygen atoms in total. The van der Waals surface area contributed by atoms with Gasteiger partial charge < -0.3 is 5.32 Å². The van der Waals surface area contributed by atoms with E-state index in [1.807, 2.05) is 4.68 Å². The SMILES string of the molecule is CCCNC(=O)CN1CCN(Cn2[nH]c(-c3ccc(CC)cc3)nc2=S)CC1. The first-order chi connectivity index (χ1) is 13.6. The number of hydrogen-bond acceptors (Lipinski definition) is 5. The lowest BCUT2D eigenvalue weighted by molar-refractivity contribution is -0.122. The Morgan fingerprint density at radius 3 is 2.46 bits per heavy atom. The largest absolute Gasteiger partial charge is 0.355 e. The number of rotatable bonds is 8. The Kier molecular flexibility index (Phi) is 7.36. The molecule has 1 fully saturated rings. The monoisotopic (exact) mass is 402 g/mol. The van der Waals surface area contributed by atoms with Gasteiger partial charge in [-0.25, -0.2) is 4.68 Å². The Morgan fingerprint density at radius 2 is 1.82 bits per heavy atom. The normalized spacial score (nSPS) is 15.6. The van der Waals surface area contributed by atoms with Gasteiger partial charge in [-0.05, 0) is 30.6 Å². The molecule has 0 spiro atoms. The molecule has 1 saturated heterocycles. The van der Waals surface area contributed by atoms with E-state index in [4.69, 9.17) is 12.2 Å². The van der Waals surface area contributed by atoms with E-state index < -0.39 is 0 Å². The number of benzene rings is 1. The first kappa shape index (κ1) is 20.7. The fourth-order valence-corrected chi connectivity index (χ4v) is 3.49. The van der Waals surface area contributed by atoms with Gasteiger partial charge in [-0.3, -0.25) is 19.7 Å². The molecule has 1 aromatic heterocycles. The van der Waals surface area contributed by atoms with Gasteiger partial charge in [0.2, 0.25) is 10.7 Å². The van der Waals surface area contributed by atoms with Crippen LogP contribution in [0.2, 0.25) is 0 Å². The summed E-state index contributed by atoms with van der Waals surface area (Å²) >= 11 is 5.44. The van der Waals surface area contributed by atoms with Crippen LogP contribution in [0.5, 0.6) is 0 Å². The zero-order valence-electron chi connectivity index (χ0n) is 16.8. The Morgan fingerprint density at radius 1 is 1.14 bits per heavy atom. The number of aromatic amines is 1. The topological polar surface area (TPSA) is 69.2 Å². The van der Waals surface area contributed by atoms with E-state index in [1.54, 1.807) is 0 Å². The molecule has 2 heterocycles. The molecule has 0 atom stereocenters. The second-order valence-corrected chi connectivity index (χ2v) is 7.58. The van der Waals surface area contributed by atoms with Crippen LogP contribution in [0.4, 0.5) is 0 Å². The van der Waals surface area contributed by atoms with Crippen molar-refractivity contribution in [2.24, 2.45) is 0 Å². The average Bonchev–Trinajstić information content (AvgIpc) is 3.08. The highest BCUT2D eigenvalue weighted by Gasteiger charge is 2.19. The second-order valence-electron chi connectivity index (χ2n) is 7.22. The van der Waals surface area contributed by atoms with E-state index in [-0.39, 0.29) is 5.91 Å². The molecule has 2 aromatic rings. The summed E-state index contributed by atoms with van der Waals surface area (Å²) in [5.41, 5.74) is 2.35. The van der Waals surface area contributed by atoms with Gasteiger partial charge in [0.25, 0.3) is 0 Å². The van der Waals surface area contributed by atoms with Crippen LogP contribution in [-0.4, -0.2) is 69.7 Å². The van der Waals surface area contributed by atoms with Crippen LogP contribution < -0.4 is 5.32 Å². The van der Waals surface area contributed by atoms with Crippen LogP contribution >= 0.6 is 12.2 Å². The summed E-state index contributed by atoms with van der Waals surface area (Å²) in [6, 6.07) is 8.42. The number of nitrogens with zero attached hydrogens (tertiary/aromatic N) is 4. The molecule has 0 saturated carbocycles. The predicted octanol–water partition coefficient (Wildman–Crippen LogP) is 2.27. The number of carbonyl (C=O) groups is 1. The molecule has 1 aliphatic rings. The zero-order chi connectivity index (χ0) is 19.9. The van der Waals surface area contributed by atoms with Crippen LogP contribution in [-0.2, 0) is 17.9 Å². The minimum atomic E-state index is 0.116. The van der Waals surface area contributed by atoms with Gasteiger partial charge >= 0.3 is 0 Å². The van der Waals surface area contributed by atoms with E-state index in [9.17, 15) is 4.79 Å². The molecule has 0 aliphatic carbocycles. The third-order valence-corrected chi connectivity index (χ3v) is 5.37. The van der Waals surface area contributed by atoms with Crippen molar-refractivity contribution in [3.8, 4) is 11.4 Å². The second kappa shape index (κ2) is 9.95. The minimum absolute atomic E-state index is 0.116. The fourth-order valence-electron chi connectivity index (χ4n) is 3.29. The molecule has 1 amide bonds. The van der Waals surface area contributed by atoms with Gasteiger partial charge in [0.05, 0.1) is 13.2 Å². The summed E-state index contributed by atoms with van der Waals surface area (Å²) in [6.45, 7) is 9.70. The van der Waals surface area contributed by atoms with E-state index >= 15 is 0 Å². The minimum Gasteiger partial charge on any atom is -0.355 e. The van der Waals surface area contributed by atoms with Gasteiger partial charge in [-0.1, -0.05) is 38.1 Å². The maximum absolute atomic E-state index is 11.9. The standard InChI is InChI=1S/C20H30N6OS/c1-3-9-21-18(27)14-24-10-12-25(13-11-24)15-26-20(28)22-19(23-26)17-7-5-16(4-2)6-8-17/h5-8H,3-4,9-15H2,1-2H3,(H,21,27)(H,22,23,28). The third-order valence-electron chi connectivity index (χ3n) is 5.06. The van der Waals surface area contributed by atoms with Crippen molar-refractivity contribution in [2.75, 3.05) is 39.3 Å². The molecule has 2 N–H and O–H groups in total. The highest BCUT2D eigenvalue weighted by molar-refractivity contribution is 7.71. The summed E-state index contributed by atoms with van der Waals surface area (Å²) in [6.07, 6.45) is 1.99. The Bertz CT molecular complexity index is 820. The molecule has 8 heteroatoms. The van der Waals surface area contributed by atoms with Crippen LogP contribution in [0.1, 0.15) is 25.8 Å². The summed E-state index contributed by atoms with van der Waals surface area (Å²) in [7, 11) is 0. The first-order valence-electron chi connectivity index (χ1n) is 10.1. The Balaban J connectivity index is 1.53. The highest BCUT2D eigenvalue weighted by atomic mass is 32.1. The fraction of sp³-hybridized carbons (Fsp3) is 0.550. The van der Waals surface area contributed by atoms with Crippen molar-refractivity contribution < 1.29 is 4.79 Å². The predicted molar refractivity (Wildman–Crippen MR) is 114 cm³/mol. The van der Waals surface area contributed by atoms with Crippen LogP contribution in [0, 0.1) is 4.77 Å². The van der Waals surface area contributed by atoms with E-state index in [0.29, 0.717) is 18.0 Å². The van der Waals surface area contributed by atoms with Gasteiger partial charge in [0.15, 0.2) is 5.82 Å². The molecule has 0 bridgehead atoms. The lowest BCUT2D eigenvalue weighted by Gasteiger charge is -2.34. The van der Waals surface area contributed by atoms with Crippen molar-refractivity contribution in [3.05, 3.63) is 34.6 Å². The molecule has 0 unspecified atom stereocenters. The average molecular weight is 403 g/mol. The number of amides is 1. The molecule has 3 rings (SSSR count). The number of carbonyl (C=O) groups excluding carboxylic acids is 1. The number of H-pyrrole nitrogens is 1. The number of aryl methyl sites for hydroxylation is 1. The van der Waals surface area contributed by atoms with Gasteiger partial charge in [-0.15, -0.1) is 0 Å². The number of piperazine rings is 1. The molecular formula is C20H30N6OS. The van der Waals surface area contributed by atoms with Crippen LogP contribution in [0.15, 0.2) is 24.3 Å². The molecule has 152 valence electrons. The molecule has 28 heavy (non-hydrogen) atoms. The first-order valence-corrected chi connectivity index (χ1v) is 10.5. The van der Waals surface area contributed by atoms with Crippen molar-refractivity contribution in [3.63, 3.8) is 0 Å². The van der Waals surface area contributed by atoms with E-state index in [1.165, 1.54) is 5.56 Å². The summed E-state index contributed by atoms with van der Waals surface area (Å²) in [5.74, 6) is 0.920. The van der Waals surface area contributed by atoms with E-state index in [0.717, 1.165) is 57.0 Å². The smallest absolute Gasteiger partial charge is 0.234 e. The van der Waals surface area contributed by atoms with Crippen LogP contribution in [0.3, 0.4) is 0 Å². The highest BCUT2D eigenvalue weighted by Crippen LogP contribution is 2.16. The van der Waals surface area contributed by atoms with E-state index in [2.05, 4.69) is 63.3 Å². The molecular weight excluding hydrogens is 372 g/mol. The van der Waals surface area contributed by atoms with Gasteiger partial charge in [0, 0.05) is 38.3 Å². The maximum atomic E-state index is 11.9. The van der Waals surface area contributed by atoms with Crippen molar-refractivity contribution in [1.82, 2.24) is 29.9 Å². The summed E-state index contributed by atoms with van der Waals surface area (Å²) < 4.78 is 2.48. The Hall–Kier alpha value is -2.03. The third kappa shape index (κ3) is 5.50. The van der Waals surface area contributed by atoms with Crippen molar-refractivity contribution >= 4 is 18.1 Å². The van der Waals surface area contributed by atoms with Crippen molar-refractivity contribution in [1.29, 1.82) is 0 Å². The summed E-state index contributed by atoms with van der Waals surface area (Å²) in [5, 5.41) is 6.27. The lowest BCUT2D eigenvalue weighted by Crippen LogP contribution is -2.49. The molecule has 1 aliphatic heterocycles. The molecule has 1 aromatic carbocycles. The van der Waals surface area contributed by atoms with Gasteiger partial charge in [-0.2, -0.15) is 4.98 Å². The molecule has 0 radical (unpaired) electrons.